The lowest BCUT2D eigenvalue weighted by atomic mass is 10.0. The third-order valence-electron chi connectivity index (χ3n) is 2.22. The average molecular weight is 256 g/mol. The normalized spacial score (nSPS) is 14.8. The Bertz CT molecular complexity index is 365. The molecular formula is C11H10F6. The highest BCUT2D eigenvalue weighted by molar-refractivity contribution is 5.22. The predicted octanol–water partition coefficient (Wildman–Crippen LogP) is 4.07. The van der Waals surface area contributed by atoms with Crippen molar-refractivity contribution in [2.75, 3.05) is 0 Å². The molecule has 0 aliphatic heterocycles. The molecule has 0 saturated heterocycles. The first kappa shape index (κ1) is 13.9. The van der Waals surface area contributed by atoms with Crippen molar-refractivity contribution < 1.29 is 26.3 Å². The minimum absolute atomic E-state index is 0.0347. The second-order valence-electron chi connectivity index (χ2n) is 3.83. The summed E-state index contributed by atoms with van der Waals surface area (Å²) in [6.07, 6.45) is -11.0. The Morgan fingerprint density at radius 3 is 1.88 bits per heavy atom. The van der Waals surface area contributed by atoms with Crippen LogP contribution >= 0.6 is 0 Å². The zero-order valence-corrected chi connectivity index (χ0v) is 8.86. The molecular weight excluding hydrogens is 246 g/mol. The van der Waals surface area contributed by atoms with E-state index in [9.17, 15) is 26.3 Å². The summed E-state index contributed by atoms with van der Waals surface area (Å²) in [5, 5.41) is 0. The van der Waals surface area contributed by atoms with Crippen LogP contribution < -0.4 is 0 Å². The maximum Gasteiger partial charge on any atom is 0.425 e. The van der Waals surface area contributed by atoms with Crippen molar-refractivity contribution in [3.8, 4) is 0 Å². The number of aryl methyl sites for hydroxylation is 1. The van der Waals surface area contributed by atoms with Gasteiger partial charge >= 0.3 is 6.18 Å². The number of hydrogen-bond donors (Lipinski definition) is 0. The van der Waals surface area contributed by atoms with Gasteiger partial charge in [-0.25, -0.2) is 13.2 Å². The Balaban J connectivity index is 2.82. The quantitative estimate of drug-likeness (QED) is 0.715. The summed E-state index contributed by atoms with van der Waals surface area (Å²) in [6, 6.07) is 5.47. The van der Waals surface area contributed by atoms with E-state index in [4.69, 9.17) is 0 Å². The second-order valence-corrected chi connectivity index (χ2v) is 3.83. The Morgan fingerprint density at radius 1 is 1.00 bits per heavy atom. The van der Waals surface area contributed by atoms with Crippen molar-refractivity contribution in [3.63, 3.8) is 0 Å². The van der Waals surface area contributed by atoms with Gasteiger partial charge in [0.2, 0.25) is 0 Å². The van der Waals surface area contributed by atoms with Crippen LogP contribution in [0.1, 0.15) is 11.1 Å². The predicted molar refractivity (Wildman–Crippen MR) is 50.8 cm³/mol. The van der Waals surface area contributed by atoms with Crippen LogP contribution in [-0.4, -0.2) is 18.3 Å². The van der Waals surface area contributed by atoms with Crippen LogP contribution in [0.2, 0.25) is 0 Å². The lowest BCUT2D eigenvalue weighted by Crippen LogP contribution is -2.43. The van der Waals surface area contributed by atoms with Crippen molar-refractivity contribution in [3.05, 3.63) is 35.4 Å². The van der Waals surface area contributed by atoms with E-state index in [1.807, 2.05) is 0 Å². The molecule has 0 aliphatic rings. The SMILES string of the molecule is Cc1ccc(CC(F)(F)C(F)C(F)(F)F)cc1. The summed E-state index contributed by atoms with van der Waals surface area (Å²) in [7, 11) is 0. The molecule has 96 valence electrons. The number of rotatable bonds is 3. The van der Waals surface area contributed by atoms with Gasteiger partial charge in [-0.05, 0) is 12.5 Å². The average Bonchev–Trinajstić information content (AvgIpc) is 2.19. The summed E-state index contributed by atoms with van der Waals surface area (Å²) in [5.41, 5.74) is 0.747. The van der Waals surface area contributed by atoms with E-state index in [0.29, 0.717) is 0 Å². The molecule has 0 aliphatic carbocycles. The van der Waals surface area contributed by atoms with Crippen LogP contribution in [0.4, 0.5) is 26.3 Å². The molecule has 0 amide bonds. The molecule has 0 fully saturated rings. The van der Waals surface area contributed by atoms with Gasteiger partial charge in [-0.2, -0.15) is 13.2 Å². The van der Waals surface area contributed by atoms with Gasteiger partial charge in [0.25, 0.3) is 12.1 Å². The standard InChI is InChI=1S/C11H10F6/c1-7-2-4-8(5-3-7)6-10(13,14)9(12)11(15,16)17/h2-5,9H,6H2,1H3. The van der Waals surface area contributed by atoms with Gasteiger partial charge in [-0.3, -0.25) is 0 Å². The van der Waals surface area contributed by atoms with E-state index in [2.05, 4.69) is 0 Å². The summed E-state index contributed by atoms with van der Waals surface area (Å²) in [4.78, 5) is 0. The zero-order chi connectivity index (χ0) is 13.3. The summed E-state index contributed by atoms with van der Waals surface area (Å²) < 4.78 is 74.2. The maximum absolute atomic E-state index is 13.0. The van der Waals surface area contributed by atoms with E-state index in [1.54, 1.807) is 6.92 Å². The van der Waals surface area contributed by atoms with E-state index < -0.39 is 24.7 Å². The highest BCUT2D eigenvalue weighted by Crippen LogP contribution is 2.36. The Hall–Kier alpha value is -1.20. The third-order valence-corrected chi connectivity index (χ3v) is 2.22. The van der Waals surface area contributed by atoms with E-state index in [0.717, 1.165) is 5.56 Å². The fourth-order valence-electron chi connectivity index (χ4n) is 1.31. The smallest absolute Gasteiger partial charge is 0.231 e. The molecule has 0 bridgehead atoms. The molecule has 17 heavy (non-hydrogen) atoms. The third kappa shape index (κ3) is 3.64. The molecule has 6 heteroatoms. The van der Waals surface area contributed by atoms with Crippen LogP contribution in [-0.2, 0) is 6.42 Å². The van der Waals surface area contributed by atoms with Gasteiger partial charge in [0, 0.05) is 6.42 Å². The van der Waals surface area contributed by atoms with Crippen LogP contribution in [0.3, 0.4) is 0 Å². The number of benzene rings is 1. The maximum atomic E-state index is 13.0. The van der Waals surface area contributed by atoms with Gasteiger partial charge in [-0.1, -0.05) is 29.8 Å². The Kier molecular flexibility index (Phi) is 3.74. The van der Waals surface area contributed by atoms with Gasteiger partial charge in [0.05, 0.1) is 0 Å². The number of hydrogen-bond acceptors (Lipinski definition) is 0. The number of halogens is 6. The summed E-state index contributed by atoms with van der Waals surface area (Å²) >= 11 is 0. The molecule has 1 rings (SSSR count). The highest BCUT2D eigenvalue weighted by Gasteiger charge is 2.56. The molecule has 0 heterocycles. The van der Waals surface area contributed by atoms with Crippen molar-refractivity contribution in [1.29, 1.82) is 0 Å². The molecule has 1 atom stereocenters. The van der Waals surface area contributed by atoms with E-state index >= 15 is 0 Å². The van der Waals surface area contributed by atoms with Crippen molar-refractivity contribution in [2.24, 2.45) is 0 Å². The monoisotopic (exact) mass is 256 g/mol. The summed E-state index contributed by atoms with van der Waals surface area (Å²) in [6.45, 7) is 1.70. The molecule has 0 spiro atoms. The first-order valence-electron chi connectivity index (χ1n) is 4.77. The Labute approximate surface area is 94.2 Å². The molecule has 1 aromatic carbocycles. The van der Waals surface area contributed by atoms with Crippen LogP contribution in [0.25, 0.3) is 0 Å². The Morgan fingerprint density at radius 2 is 1.47 bits per heavy atom. The largest absolute Gasteiger partial charge is 0.425 e. The van der Waals surface area contributed by atoms with Crippen molar-refractivity contribution >= 4 is 0 Å². The molecule has 1 aromatic rings. The lowest BCUT2D eigenvalue weighted by Gasteiger charge is -2.22. The van der Waals surface area contributed by atoms with Gasteiger partial charge in [-0.15, -0.1) is 0 Å². The van der Waals surface area contributed by atoms with Gasteiger partial charge in [0.15, 0.2) is 0 Å². The van der Waals surface area contributed by atoms with Gasteiger partial charge < -0.3 is 0 Å². The topological polar surface area (TPSA) is 0 Å². The first-order valence-corrected chi connectivity index (χ1v) is 4.77. The minimum atomic E-state index is -5.55. The molecule has 0 nitrogen and oxygen atoms in total. The van der Waals surface area contributed by atoms with Crippen LogP contribution in [0.5, 0.6) is 0 Å². The fraction of sp³-hybridized carbons (Fsp3) is 0.455. The lowest BCUT2D eigenvalue weighted by molar-refractivity contribution is -0.243. The first-order chi connectivity index (χ1) is 7.63. The highest BCUT2D eigenvalue weighted by atomic mass is 19.4. The molecule has 0 N–H and O–H groups in total. The molecule has 0 aromatic heterocycles. The molecule has 0 radical (unpaired) electrons. The van der Waals surface area contributed by atoms with E-state index in [-0.39, 0.29) is 5.56 Å². The number of alkyl halides is 6. The molecule has 1 unspecified atom stereocenters. The minimum Gasteiger partial charge on any atom is -0.231 e. The molecule has 0 saturated carbocycles. The van der Waals surface area contributed by atoms with Crippen LogP contribution in [0, 0.1) is 6.92 Å². The van der Waals surface area contributed by atoms with Crippen molar-refractivity contribution in [2.45, 2.75) is 31.6 Å². The van der Waals surface area contributed by atoms with Crippen molar-refractivity contribution in [1.82, 2.24) is 0 Å². The summed E-state index contributed by atoms with van der Waals surface area (Å²) in [5.74, 6) is -4.45. The fourth-order valence-corrected chi connectivity index (χ4v) is 1.31. The van der Waals surface area contributed by atoms with Gasteiger partial charge in [0.1, 0.15) is 0 Å². The van der Waals surface area contributed by atoms with E-state index in [1.165, 1.54) is 24.3 Å². The second kappa shape index (κ2) is 4.58. The van der Waals surface area contributed by atoms with Crippen LogP contribution in [0.15, 0.2) is 24.3 Å². The zero-order valence-electron chi connectivity index (χ0n) is 8.86.